The largest absolute Gasteiger partial charge is 0.337 e. The van der Waals surface area contributed by atoms with Gasteiger partial charge in [-0.1, -0.05) is 80.4 Å². The number of benzene rings is 2. The van der Waals surface area contributed by atoms with Gasteiger partial charge in [0, 0.05) is 18.9 Å². The molecule has 0 aliphatic rings. The Morgan fingerprint density at radius 2 is 1.41 bits per heavy atom. The van der Waals surface area contributed by atoms with Crippen molar-refractivity contribution in [3.8, 4) is 0 Å². The number of nitrogens with zero attached hydrogens (tertiary/aromatic N) is 2. The molecule has 0 spiro atoms. The van der Waals surface area contributed by atoms with Crippen molar-refractivity contribution in [3.63, 3.8) is 0 Å². The van der Waals surface area contributed by atoms with Crippen molar-refractivity contribution >= 4 is 0 Å². The SMILES string of the molecule is CCCCC(CCc1ccccc1)(CCc1ccccc1)Cn1ccnc1. The van der Waals surface area contributed by atoms with Gasteiger partial charge in [0.25, 0.3) is 0 Å². The second kappa shape index (κ2) is 10.1. The van der Waals surface area contributed by atoms with Crippen LogP contribution in [-0.4, -0.2) is 9.55 Å². The van der Waals surface area contributed by atoms with Gasteiger partial charge in [0.1, 0.15) is 0 Å². The Labute approximate surface area is 164 Å². The molecule has 27 heavy (non-hydrogen) atoms. The number of hydrogen-bond acceptors (Lipinski definition) is 1. The van der Waals surface area contributed by atoms with Gasteiger partial charge in [-0.25, -0.2) is 4.98 Å². The van der Waals surface area contributed by atoms with E-state index in [1.807, 2.05) is 12.5 Å². The van der Waals surface area contributed by atoms with Crippen molar-refractivity contribution in [1.82, 2.24) is 9.55 Å². The molecule has 2 heteroatoms. The predicted octanol–water partition coefficient (Wildman–Crippen LogP) is 6.33. The van der Waals surface area contributed by atoms with Crippen LogP contribution < -0.4 is 0 Å². The summed E-state index contributed by atoms with van der Waals surface area (Å²) in [7, 11) is 0. The van der Waals surface area contributed by atoms with E-state index >= 15 is 0 Å². The van der Waals surface area contributed by atoms with Gasteiger partial charge in [0.2, 0.25) is 0 Å². The van der Waals surface area contributed by atoms with Crippen molar-refractivity contribution in [2.45, 2.75) is 58.4 Å². The Kier molecular flexibility index (Phi) is 7.27. The third-order valence-corrected chi connectivity index (χ3v) is 5.71. The zero-order chi connectivity index (χ0) is 18.8. The fraction of sp³-hybridized carbons (Fsp3) is 0.400. The van der Waals surface area contributed by atoms with E-state index in [1.54, 1.807) is 0 Å². The first-order valence-electron chi connectivity index (χ1n) is 10.3. The minimum atomic E-state index is 0.308. The summed E-state index contributed by atoms with van der Waals surface area (Å²) in [4.78, 5) is 4.29. The van der Waals surface area contributed by atoms with E-state index in [4.69, 9.17) is 0 Å². The summed E-state index contributed by atoms with van der Waals surface area (Å²) in [6.07, 6.45) is 14.6. The fourth-order valence-corrected chi connectivity index (χ4v) is 4.04. The van der Waals surface area contributed by atoms with Crippen molar-refractivity contribution in [1.29, 1.82) is 0 Å². The van der Waals surface area contributed by atoms with Crippen LogP contribution in [0.4, 0.5) is 0 Å². The highest BCUT2D eigenvalue weighted by atomic mass is 15.0. The van der Waals surface area contributed by atoms with Crippen LogP contribution in [0, 0.1) is 5.41 Å². The van der Waals surface area contributed by atoms with E-state index in [9.17, 15) is 0 Å². The molecule has 0 saturated heterocycles. The average Bonchev–Trinajstić information content (AvgIpc) is 3.23. The highest BCUT2D eigenvalue weighted by Gasteiger charge is 2.29. The first-order valence-corrected chi connectivity index (χ1v) is 10.3. The summed E-state index contributed by atoms with van der Waals surface area (Å²) in [6.45, 7) is 3.36. The molecule has 0 radical (unpaired) electrons. The van der Waals surface area contributed by atoms with Crippen molar-refractivity contribution in [3.05, 3.63) is 90.5 Å². The first-order chi connectivity index (χ1) is 13.3. The van der Waals surface area contributed by atoms with Crippen molar-refractivity contribution < 1.29 is 0 Å². The monoisotopic (exact) mass is 360 g/mol. The van der Waals surface area contributed by atoms with Gasteiger partial charge < -0.3 is 4.57 Å². The predicted molar refractivity (Wildman–Crippen MR) is 114 cm³/mol. The number of aromatic nitrogens is 2. The van der Waals surface area contributed by atoms with E-state index in [1.165, 1.54) is 43.2 Å². The van der Waals surface area contributed by atoms with Crippen LogP contribution in [0.1, 0.15) is 50.2 Å². The van der Waals surface area contributed by atoms with E-state index in [0.29, 0.717) is 5.41 Å². The van der Waals surface area contributed by atoms with Crippen molar-refractivity contribution in [2.24, 2.45) is 5.41 Å². The van der Waals surface area contributed by atoms with Crippen LogP contribution in [0.5, 0.6) is 0 Å². The number of aryl methyl sites for hydroxylation is 2. The van der Waals surface area contributed by atoms with Crippen LogP contribution in [-0.2, 0) is 19.4 Å². The Balaban J connectivity index is 1.78. The summed E-state index contributed by atoms with van der Waals surface area (Å²) >= 11 is 0. The normalized spacial score (nSPS) is 11.6. The van der Waals surface area contributed by atoms with E-state index in [-0.39, 0.29) is 0 Å². The summed E-state index contributed by atoms with van der Waals surface area (Å²) < 4.78 is 2.28. The van der Waals surface area contributed by atoms with E-state index in [0.717, 1.165) is 19.4 Å². The molecule has 0 aliphatic heterocycles. The van der Waals surface area contributed by atoms with Gasteiger partial charge in [-0.05, 0) is 48.6 Å². The van der Waals surface area contributed by atoms with Gasteiger partial charge in [-0.2, -0.15) is 0 Å². The quantitative estimate of drug-likeness (QED) is 0.391. The van der Waals surface area contributed by atoms with E-state index in [2.05, 4.69) is 83.3 Å². The third kappa shape index (κ3) is 6.09. The molecular weight excluding hydrogens is 328 g/mol. The second-order valence-electron chi connectivity index (χ2n) is 7.81. The molecule has 3 aromatic rings. The van der Waals surface area contributed by atoms with Gasteiger partial charge in [0.15, 0.2) is 0 Å². The van der Waals surface area contributed by atoms with Crippen molar-refractivity contribution in [2.75, 3.05) is 0 Å². The lowest BCUT2D eigenvalue weighted by Crippen LogP contribution is -2.28. The maximum atomic E-state index is 4.29. The molecular formula is C25H32N2. The maximum Gasteiger partial charge on any atom is 0.0946 e. The molecule has 0 amide bonds. The molecule has 0 atom stereocenters. The van der Waals surface area contributed by atoms with E-state index < -0.39 is 0 Å². The van der Waals surface area contributed by atoms with Gasteiger partial charge in [0.05, 0.1) is 6.33 Å². The van der Waals surface area contributed by atoms with Crippen LogP contribution in [0.15, 0.2) is 79.4 Å². The molecule has 0 aliphatic carbocycles. The molecule has 3 rings (SSSR count). The molecule has 0 saturated carbocycles. The smallest absolute Gasteiger partial charge is 0.0946 e. The lowest BCUT2D eigenvalue weighted by atomic mass is 9.73. The van der Waals surface area contributed by atoms with Crippen LogP contribution in [0.3, 0.4) is 0 Å². The standard InChI is InChI=1S/C25H32N2/c1-2-3-16-25(21-27-20-19-26-22-27,17-14-23-10-6-4-7-11-23)18-15-24-12-8-5-9-13-24/h4-13,19-20,22H,2-3,14-18,21H2,1H3. The summed E-state index contributed by atoms with van der Waals surface area (Å²) in [5, 5.41) is 0. The summed E-state index contributed by atoms with van der Waals surface area (Å²) in [5.41, 5.74) is 3.20. The Bertz CT molecular complexity index is 704. The number of unbranched alkanes of at least 4 members (excludes halogenated alkanes) is 1. The fourth-order valence-electron chi connectivity index (χ4n) is 4.04. The van der Waals surface area contributed by atoms with Crippen LogP contribution >= 0.6 is 0 Å². The first kappa shape index (κ1) is 19.4. The van der Waals surface area contributed by atoms with Crippen LogP contribution in [0.2, 0.25) is 0 Å². The highest BCUT2D eigenvalue weighted by molar-refractivity contribution is 5.16. The summed E-state index contributed by atoms with van der Waals surface area (Å²) in [5.74, 6) is 0. The zero-order valence-corrected chi connectivity index (χ0v) is 16.6. The second-order valence-corrected chi connectivity index (χ2v) is 7.81. The topological polar surface area (TPSA) is 17.8 Å². The minimum absolute atomic E-state index is 0.308. The molecule has 2 nitrogen and oxygen atoms in total. The highest BCUT2D eigenvalue weighted by Crippen LogP contribution is 2.37. The molecule has 1 heterocycles. The van der Waals surface area contributed by atoms with Gasteiger partial charge in [-0.3, -0.25) is 0 Å². The molecule has 1 aromatic heterocycles. The van der Waals surface area contributed by atoms with Gasteiger partial charge in [-0.15, -0.1) is 0 Å². The number of hydrogen-bond donors (Lipinski definition) is 0. The molecule has 0 unspecified atom stereocenters. The zero-order valence-electron chi connectivity index (χ0n) is 16.6. The number of imidazole rings is 1. The Morgan fingerprint density at radius 1 is 0.815 bits per heavy atom. The lowest BCUT2D eigenvalue weighted by Gasteiger charge is -2.35. The molecule has 0 fully saturated rings. The maximum absolute atomic E-state index is 4.29. The molecule has 0 N–H and O–H groups in total. The Morgan fingerprint density at radius 3 is 1.89 bits per heavy atom. The van der Waals surface area contributed by atoms with Crippen LogP contribution in [0.25, 0.3) is 0 Å². The average molecular weight is 361 g/mol. The third-order valence-electron chi connectivity index (χ3n) is 5.71. The van der Waals surface area contributed by atoms with Gasteiger partial charge >= 0.3 is 0 Å². The lowest BCUT2D eigenvalue weighted by molar-refractivity contribution is 0.176. The number of rotatable bonds is 11. The molecule has 0 bridgehead atoms. The minimum Gasteiger partial charge on any atom is -0.337 e. The molecule has 2 aromatic carbocycles. The Hall–Kier alpha value is -2.35. The summed E-state index contributed by atoms with van der Waals surface area (Å²) in [6, 6.07) is 21.9. The molecule has 142 valence electrons.